The van der Waals surface area contributed by atoms with E-state index in [1.165, 1.54) is 11.1 Å². The van der Waals surface area contributed by atoms with E-state index in [0.29, 0.717) is 5.92 Å². The molecule has 0 amide bonds. The molecule has 112 valence electrons. The minimum atomic E-state index is -0.0754. The minimum absolute atomic E-state index is 0.0754. The van der Waals surface area contributed by atoms with E-state index in [0.717, 1.165) is 21.5 Å². The number of ether oxygens (including phenoxy) is 1. The Hall–Kier alpha value is -1.32. The van der Waals surface area contributed by atoms with Crippen LogP contribution in [0.2, 0.25) is 0 Å². The van der Waals surface area contributed by atoms with Gasteiger partial charge in [-0.3, -0.25) is 0 Å². The summed E-state index contributed by atoms with van der Waals surface area (Å²) >= 11 is 3.48. The van der Waals surface area contributed by atoms with Gasteiger partial charge in [-0.15, -0.1) is 0 Å². The van der Waals surface area contributed by atoms with E-state index in [1.807, 2.05) is 31.2 Å². The van der Waals surface area contributed by atoms with Gasteiger partial charge in [-0.05, 0) is 61.2 Å². The van der Waals surface area contributed by atoms with Crippen LogP contribution in [0.15, 0.2) is 40.9 Å². The summed E-state index contributed by atoms with van der Waals surface area (Å²) in [5.74, 6) is 2.18. The van der Waals surface area contributed by atoms with Crippen LogP contribution in [0.25, 0.3) is 0 Å². The van der Waals surface area contributed by atoms with Crippen molar-refractivity contribution in [1.29, 1.82) is 0 Å². The van der Waals surface area contributed by atoms with E-state index < -0.39 is 0 Å². The van der Waals surface area contributed by atoms with Gasteiger partial charge in [-0.2, -0.15) is 0 Å². The molecule has 3 heteroatoms. The first-order valence-corrected chi connectivity index (χ1v) is 8.01. The second-order valence-electron chi connectivity index (χ2n) is 5.75. The summed E-state index contributed by atoms with van der Waals surface area (Å²) < 4.78 is 7.05. The van der Waals surface area contributed by atoms with Crippen molar-refractivity contribution in [2.24, 2.45) is 5.73 Å². The Morgan fingerprint density at radius 2 is 1.71 bits per heavy atom. The molecule has 21 heavy (non-hydrogen) atoms. The van der Waals surface area contributed by atoms with Crippen LogP contribution in [-0.2, 0) is 0 Å². The van der Waals surface area contributed by atoms with Crippen LogP contribution < -0.4 is 10.5 Å². The summed E-state index contributed by atoms with van der Waals surface area (Å²) in [5, 5.41) is 0. The number of halogens is 1. The topological polar surface area (TPSA) is 35.2 Å². The Morgan fingerprint density at radius 1 is 1.00 bits per heavy atom. The van der Waals surface area contributed by atoms with Gasteiger partial charge >= 0.3 is 0 Å². The van der Waals surface area contributed by atoms with Gasteiger partial charge < -0.3 is 10.5 Å². The number of hydrogen-bond acceptors (Lipinski definition) is 2. The second-order valence-corrected chi connectivity index (χ2v) is 6.66. The Morgan fingerprint density at radius 3 is 2.29 bits per heavy atom. The Bertz CT molecular complexity index is 635. The van der Waals surface area contributed by atoms with E-state index in [-0.39, 0.29) is 6.04 Å². The van der Waals surface area contributed by atoms with E-state index in [4.69, 9.17) is 10.5 Å². The van der Waals surface area contributed by atoms with Crippen molar-refractivity contribution >= 4 is 15.9 Å². The maximum atomic E-state index is 6.04. The largest absolute Gasteiger partial charge is 0.457 e. The first-order chi connectivity index (χ1) is 9.88. The normalized spacial score (nSPS) is 12.5. The van der Waals surface area contributed by atoms with Gasteiger partial charge in [0.25, 0.3) is 0 Å². The third kappa shape index (κ3) is 3.86. The Labute approximate surface area is 135 Å². The second kappa shape index (κ2) is 6.63. The number of hydrogen-bond donors (Lipinski definition) is 1. The zero-order valence-electron chi connectivity index (χ0n) is 13.0. The molecule has 0 heterocycles. The van der Waals surface area contributed by atoms with E-state index >= 15 is 0 Å². The van der Waals surface area contributed by atoms with Crippen LogP contribution in [0.4, 0.5) is 0 Å². The lowest BCUT2D eigenvalue weighted by Crippen LogP contribution is -2.06. The van der Waals surface area contributed by atoms with Gasteiger partial charge in [0.05, 0.1) is 0 Å². The number of benzene rings is 2. The summed E-state index contributed by atoms with van der Waals surface area (Å²) in [6, 6.07) is 12.1. The number of rotatable bonds is 4. The molecule has 0 radical (unpaired) electrons. The van der Waals surface area contributed by atoms with Crippen LogP contribution in [0.1, 0.15) is 49.4 Å². The van der Waals surface area contributed by atoms with Crippen molar-refractivity contribution in [3.63, 3.8) is 0 Å². The average Bonchev–Trinajstić information content (AvgIpc) is 2.40. The molecule has 0 aliphatic carbocycles. The molecule has 0 aliphatic heterocycles. The zero-order chi connectivity index (χ0) is 15.6. The summed E-state index contributed by atoms with van der Waals surface area (Å²) in [5.41, 5.74) is 9.63. The van der Waals surface area contributed by atoms with Crippen molar-refractivity contribution in [3.05, 3.63) is 57.6 Å². The summed E-state index contributed by atoms with van der Waals surface area (Å²) in [4.78, 5) is 0. The van der Waals surface area contributed by atoms with Crippen molar-refractivity contribution in [2.75, 3.05) is 0 Å². The van der Waals surface area contributed by atoms with Crippen LogP contribution in [0.3, 0.4) is 0 Å². The molecule has 0 spiro atoms. The molecule has 0 saturated heterocycles. The number of nitrogens with two attached hydrogens (primary N) is 1. The first-order valence-electron chi connectivity index (χ1n) is 7.22. The van der Waals surface area contributed by atoms with Crippen molar-refractivity contribution in [1.82, 2.24) is 0 Å². The van der Waals surface area contributed by atoms with Crippen LogP contribution in [-0.4, -0.2) is 0 Å². The zero-order valence-corrected chi connectivity index (χ0v) is 14.6. The van der Waals surface area contributed by atoms with E-state index in [9.17, 15) is 0 Å². The SMILES string of the molecule is Cc1cc(Oc2ccc(Br)cc2C(C)N)ccc1C(C)C. The fourth-order valence-corrected chi connectivity index (χ4v) is 2.83. The molecule has 2 aromatic rings. The summed E-state index contributed by atoms with van der Waals surface area (Å²) in [6.45, 7) is 8.48. The lowest BCUT2D eigenvalue weighted by Gasteiger charge is -2.16. The summed E-state index contributed by atoms with van der Waals surface area (Å²) in [7, 11) is 0. The Balaban J connectivity index is 2.32. The Kier molecular flexibility index (Phi) is 5.07. The molecule has 0 saturated carbocycles. The fourth-order valence-electron chi connectivity index (χ4n) is 2.45. The van der Waals surface area contributed by atoms with Gasteiger partial charge in [0.15, 0.2) is 0 Å². The maximum absolute atomic E-state index is 6.04. The van der Waals surface area contributed by atoms with E-state index in [1.54, 1.807) is 0 Å². The van der Waals surface area contributed by atoms with Gasteiger partial charge in [0.1, 0.15) is 11.5 Å². The molecule has 0 bridgehead atoms. The van der Waals surface area contributed by atoms with Crippen LogP contribution in [0.5, 0.6) is 11.5 Å². The lowest BCUT2D eigenvalue weighted by atomic mass is 9.98. The molecule has 0 aromatic heterocycles. The maximum Gasteiger partial charge on any atom is 0.132 e. The first kappa shape index (κ1) is 16.1. The predicted octanol–water partition coefficient (Wildman–Crippen LogP) is 5.69. The van der Waals surface area contributed by atoms with Crippen molar-refractivity contribution < 1.29 is 4.74 Å². The average molecular weight is 348 g/mol. The van der Waals surface area contributed by atoms with Gasteiger partial charge in [-0.1, -0.05) is 35.8 Å². The fraction of sp³-hybridized carbons (Fsp3) is 0.333. The summed E-state index contributed by atoms with van der Waals surface area (Å²) in [6.07, 6.45) is 0. The standard InChI is InChI=1S/C18H22BrNO/c1-11(2)16-7-6-15(9-12(16)3)21-18-8-5-14(19)10-17(18)13(4)20/h5-11,13H,20H2,1-4H3. The van der Waals surface area contributed by atoms with E-state index in [2.05, 4.69) is 48.8 Å². The van der Waals surface area contributed by atoms with Gasteiger partial charge in [-0.25, -0.2) is 0 Å². The molecular formula is C18H22BrNO. The monoisotopic (exact) mass is 347 g/mol. The van der Waals surface area contributed by atoms with Gasteiger partial charge in [0.2, 0.25) is 0 Å². The third-order valence-electron chi connectivity index (χ3n) is 3.55. The molecule has 1 atom stereocenters. The predicted molar refractivity (Wildman–Crippen MR) is 92.1 cm³/mol. The van der Waals surface area contributed by atoms with Crippen molar-refractivity contribution in [2.45, 2.75) is 39.7 Å². The lowest BCUT2D eigenvalue weighted by molar-refractivity contribution is 0.471. The molecule has 1 unspecified atom stereocenters. The number of aryl methyl sites for hydroxylation is 1. The molecular weight excluding hydrogens is 326 g/mol. The smallest absolute Gasteiger partial charge is 0.132 e. The minimum Gasteiger partial charge on any atom is -0.457 e. The highest BCUT2D eigenvalue weighted by atomic mass is 79.9. The molecule has 2 nitrogen and oxygen atoms in total. The van der Waals surface area contributed by atoms with Crippen molar-refractivity contribution in [3.8, 4) is 11.5 Å². The molecule has 0 aliphatic rings. The molecule has 2 N–H and O–H groups in total. The molecule has 2 rings (SSSR count). The van der Waals surface area contributed by atoms with Crippen LogP contribution in [0, 0.1) is 6.92 Å². The highest BCUT2D eigenvalue weighted by Gasteiger charge is 2.11. The highest BCUT2D eigenvalue weighted by molar-refractivity contribution is 9.10. The molecule has 0 fully saturated rings. The quantitative estimate of drug-likeness (QED) is 0.770. The molecule has 2 aromatic carbocycles. The van der Waals surface area contributed by atoms with Crippen LogP contribution >= 0.6 is 15.9 Å². The van der Waals surface area contributed by atoms with Gasteiger partial charge in [0, 0.05) is 16.1 Å². The highest BCUT2D eigenvalue weighted by Crippen LogP contribution is 2.32. The third-order valence-corrected chi connectivity index (χ3v) is 4.05.